The lowest BCUT2D eigenvalue weighted by Gasteiger charge is -2.36. The van der Waals surface area contributed by atoms with E-state index in [1.165, 1.54) is 32.4 Å². The molecule has 16 heavy (non-hydrogen) atoms. The fraction of sp³-hybridized carbons (Fsp3) is 1.00. The molecule has 0 aromatic rings. The van der Waals surface area contributed by atoms with Gasteiger partial charge in [-0.2, -0.15) is 0 Å². The van der Waals surface area contributed by atoms with Crippen LogP contribution < -0.4 is 0 Å². The molecular weight excluding hydrogens is 200 g/mol. The molecule has 96 valence electrons. The maximum Gasteiger partial charge on any atom is 0.0541 e. The van der Waals surface area contributed by atoms with E-state index in [0.717, 1.165) is 19.4 Å². The summed E-state index contributed by atoms with van der Waals surface area (Å²) in [5.41, 5.74) is 0. The molecule has 1 fully saturated rings. The van der Waals surface area contributed by atoms with Gasteiger partial charge in [-0.25, -0.2) is 0 Å². The first-order valence-electron chi connectivity index (χ1n) is 6.70. The summed E-state index contributed by atoms with van der Waals surface area (Å²) in [6.45, 7) is 5.76. The average molecular weight is 228 g/mol. The van der Waals surface area contributed by atoms with Crippen LogP contribution in [0.4, 0.5) is 0 Å². The van der Waals surface area contributed by atoms with Crippen molar-refractivity contribution in [2.75, 3.05) is 33.7 Å². The molecule has 1 aliphatic carbocycles. The third kappa shape index (κ3) is 4.81. The number of aliphatic hydroxyl groups excluding tert-OH is 1. The fourth-order valence-electron chi connectivity index (χ4n) is 2.52. The van der Waals surface area contributed by atoms with Crippen molar-refractivity contribution >= 4 is 0 Å². The molecule has 0 saturated heterocycles. The molecule has 0 spiro atoms. The summed E-state index contributed by atoms with van der Waals surface area (Å²) in [6.07, 6.45) is 5.53. The summed E-state index contributed by atoms with van der Waals surface area (Å²) < 4.78 is 0. The van der Waals surface area contributed by atoms with E-state index >= 15 is 0 Å². The first-order chi connectivity index (χ1) is 7.63. The lowest BCUT2D eigenvalue weighted by Crippen LogP contribution is -2.42. The first kappa shape index (κ1) is 13.9. The Labute approximate surface area is 100 Å². The second-order valence-electron chi connectivity index (χ2n) is 5.30. The van der Waals surface area contributed by atoms with E-state index < -0.39 is 0 Å². The Morgan fingerprint density at radius 1 is 1.00 bits per heavy atom. The average Bonchev–Trinajstić information content (AvgIpc) is 2.25. The van der Waals surface area contributed by atoms with Crippen LogP contribution in [-0.2, 0) is 0 Å². The molecule has 0 bridgehead atoms. The molecule has 1 aliphatic rings. The van der Waals surface area contributed by atoms with Gasteiger partial charge in [0.25, 0.3) is 0 Å². The van der Waals surface area contributed by atoms with Crippen molar-refractivity contribution in [3.05, 3.63) is 0 Å². The number of aliphatic hydroxyl groups is 1. The van der Waals surface area contributed by atoms with Gasteiger partial charge in [0.1, 0.15) is 0 Å². The van der Waals surface area contributed by atoms with Gasteiger partial charge in [0.05, 0.1) is 6.10 Å². The summed E-state index contributed by atoms with van der Waals surface area (Å²) >= 11 is 0. The molecule has 1 rings (SSSR count). The molecule has 0 heterocycles. The van der Waals surface area contributed by atoms with E-state index in [0.29, 0.717) is 6.04 Å². The summed E-state index contributed by atoms with van der Waals surface area (Å²) in [7, 11) is 4.27. The predicted octanol–water partition coefficient (Wildman–Crippen LogP) is 1.56. The van der Waals surface area contributed by atoms with Crippen molar-refractivity contribution in [1.82, 2.24) is 9.80 Å². The Kier molecular flexibility index (Phi) is 6.32. The Morgan fingerprint density at radius 2 is 1.62 bits per heavy atom. The van der Waals surface area contributed by atoms with E-state index in [2.05, 4.69) is 30.8 Å². The van der Waals surface area contributed by atoms with Crippen LogP contribution in [-0.4, -0.2) is 60.8 Å². The van der Waals surface area contributed by atoms with Crippen LogP contribution in [0.5, 0.6) is 0 Å². The molecule has 0 aliphatic heterocycles. The molecule has 0 aromatic heterocycles. The standard InChI is InChI=1S/C13H28N2O/c1-4-9-15(11-10-14(2)3)12-5-7-13(16)8-6-12/h12-13,16H,4-11H2,1-3H3. The van der Waals surface area contributed by atoms with Gasteiger partial charge in [0.15, 0.2) is 0 Å². The van der Waals surface area contributed by atoms with E-state index in [1.807, 2.05) is 0 Å². The zero-order chi connectivity index (χ0) is 12.0. The highest BCUT2D eigenvalue weighted by atomic mass is 16.3. The third-order valence-corrected chi connectivity index (χ3v) is 3.53. The number of hydrogen-bond acceptors (Lipinski definition) is 3. The lowest BCUT2D eigenvalue weighted by atomic mass is 9.92. The van der Waals surface area contributed by atoms with Gasteiger partial charge in [-0.1, -0.05) is 6.92 Å². The van der Waals surface area contributed by atoms with Crippen molar-refractivity contribution in [3.63, 3.8) is 0 Å². The van der Waals surface area contributed by atoms with Crippen LogP contribution in [0.2, 0.25) is 0 Å². The fourth-order valence-corrected chi connectivity index (χ4v) is 2.52. The lowest BCUT2D eigenvalue weighted by molar-refractivity contribution is 0.0706. The van der Waals surface area contributed by atoms with Crippen LogP contribution >= 0.6 is 0 Å². The smallest absolute Gasteiger partial charge is 0.0541 e. The number of hydrogen-bond donors (Lipinski definition) is 1. The van der Waals surface area contributed by atoms with Crippen LogP contribution in [0.3, 0.4) is 0 Å². The zero-order valence-corrected chi connectivity index (χ0v) is 11.2. The Morgan fingerprint density at radius 3 is 2.12 bits per heavy atom. The van der Waals surface area contributed by atoms with Crippen molar-refractivity contribution < 1.29 is 5.11 Å². The zero-order valence-electron chi connectivity index (χ0n) is 11.2. The quantitative estimate of drug-likeness (QED) is 0.747. The SMILES string of the molecule is CCCN(CCN(C)C)C1CCC(O)CC1. The Hall–Kier alpha value is -0.120. The van der Waals surface area contributed by atoms with Crippen LogP contribution in [0, 0.1) is 0 Å². The van der Waals surface area contributed by atoms with Gasteiger partial charge in [0, 0.05) is 19.1 Å². The molecule has 3 heteroatoms. The maximum absolute atomic E-state index is 9.53. The largest absolute Gasteiger partial charge is 0.393 e. The molecule has 3 nitrogen and oxygen atoms in total. The van der Waals surface area contributed by atoms with Gasteiger partial charge in [-0.3, -0.25) is 4.90 Å². The summed E-state index contributed by atoms with van der Waals surface area (Å²) in [4.78, 5) is 4.87. The van der Waals surface area contributed by atoms with Gasteiger partial charge in [-0.15, -0.1) is 0 Å². The van der Waals surface area contributed by atoms with Gasteiger partial charge < -0.3 is 10.0 Å². The van der Waals surface area contributed by atoms with Crippen molar-refractivity contribution in [2.45, 2.75) is 51.2 Å². The molecule has 0 radical (unpaired) electrons. The normalized spacial score (nSPS) is 26.6. The summed E-state index contributed by atoms with van der Waals surface area (Å²) in [5, 5.41) is 9.53. The van der Waals surface area contributed by atoms with Crippen molar-refractivity contribution in [2.24, 2.45) is 0 Å². The second-order valence-corrected chi connectivity index (χ2v) is 5.30. The first-order valence-corrected chi connectivity index (χ1v) is 6.70. The van der Waals surface area contributed by atoms with Gasteiger partial charge >= 0.3 is 0 Å². The summed E-state index contributed by atoms with van der Waals surface area (Å²) in [6, 6.07) is 0.711. The van der Waals surface area contributed by atoms with Crippen LogP contribution in [0.25, 0.3) is 0 Å². The Balaban J connectivity index is 2.36. The summed E-state index contributed by atoms with van der Waals surface area (Å²) in [5.74, 6) is 0. The highest BCUT2D eigenvalue weighted by Gasteiger charge is 2.23. The molecule has 1 N–H and O–H groups in total. The monoisotopic (exact) mass is 228 g/mol. The molecule has 1 saturated carbocycles. The van der Waals surface area contributed by atoms with Crippen molar-refractivity contribution in [3.8, 4) is 0 Å². The minimum Gasteiger partial charge on any atom is -0.393 e. The molecule has 0 unspecified atom stereocenters. The predicted molar refractivity (Wildman–Crippen MR) is 68.7 cm³/mol. The molecular formula is C13H28N2O. The Bertz CT molecular complexity index is 177. The van der Waals surface area contributed by atoms with Crippen molar-refractivity contribution in [1.29, 1.82) is 0 Å². The topological polar surface area (TPSA) is 26.7 Å². The van der Waals surface area contributed by atoms with E-state index in [-0.39, 0.29) is 6.10 Å². The van der Waals surface area contributed by atoms with Gasteiger partial charge in [0.2, 0.25) is 0 Å². The van der Waals surface area contributed by atoms with E-state index in [1.54, 1.807) is 0 Å². The van der Waals surface area contributed by atoms with Crippen LogP contribution in [0.15, 0.2) is 0 Å². The molecule has 0 atom stereocenters. The highest BCUT2D eigenvalue weighted by molar-refractivity contribution is 4.79. The van der Waals surface area contributed by atoms with Gasteiger partial charge in [-0.05, 0) is 52.7 Å². The molecule has 0 aromatic carbocycles. The van der Waals surface area contributed by atoms with E-state index in [4.69, 9.17) is 0 Å². The number of rotatable bonds is 6. The maximum atomic E-state index is 9.53. The third-order valence-electron chi connectivity index (χ3n) is 3.53. The second kappa shape index (κ2) is 7.25. The minimum atomic E-state index is -0.0337. The molecule has 0 amide bonds. The highest BCUT2D eigenvalue weighted by Crippen LogP contribution is 2.23. The van der Waals surface area contributed by atoms with Crippen LogP contribution in [0.1, 0.15) is 39.0 Å². The van der Waals surface area contributed by atoms with E-state index in [9.17, 15) is 5.11 Å². The minimum absolute atomic E-state index is 0.0337. The number of likely N-dealkylation sites (N-methyl/N-ethyl adjacent to an activating group) is 1. The number of nitrogens with zero attached hydrogens (tertiary/aromatic N) is 2.